The van der Waals surface area contributed by atoms with Crippen LogP contribution in [0.1, 0.15) is 51.3 Å². The van der Waals surface area contributed by atoms with Crippen LogP contribution in [0.5, 0.6) is 0 Å². The molecule has 1 rings (SSSR count). The molecule has 1 atom stereocenters. The fourth-order valence-electron chi connectivity index (χ4n) is 1.98. The number of ether oxygens (including phenoxy) is 1. The molecule has 1 unspecified atom stereocenters. The minimum absolute atomic E-state index is 0.0695. The molecule has 0 aliphatic carbocycles. The van der Waals surface area contributed by atoms with Crippen molar-refractivity contribution in [2.24, 2.45) is 5.92 Å². The molecule has 1 aromatic rings. The molecule has 0 bridgehead atoms. The van der Waals surface area contributed by atoms with Crippen molar-refractivity contribution in [3.63, 3.8) is 0 Å². The van der Waals surface area contributed by atoms with Crippen molar-refractivity contribution in [2.45, 2.75) is 46.6 Å². The van der Waals surface area contributed by atoms with Crippen LogP contribution in [0.4, 0.5) is 0 Å². The monoisotopic (exact) mass is 248 g/mol. The summed E-state index contributed by atoms with van der Waals surface area (Å²) in [5.41, 5.74) is 2.27. The van der Waals surface area contributed by atoms with E-state index >= 15 is 0 Å². The summed E-state index contributed by atoms with van der Waals surface area (Å²) in [5, 5.41) is 0. The highest BCUT2D eigenvalue weighted by atomic mass is 16.5. The Labute approximate surface area is 110 Å². The van der Waals surface area contributed by atoms with E-state index in [1.165, 1.54) is 5.56 Å². The number of hydrogen-bond acceptors (Lipinski definition) is 2. The van der Waals surface area contributed by atoms with Crippen molar-refractivity contribution >= 4 is 5.78 Å². The molecule has 18 heavy (non-hydrogen) atoms. The average Bonchev–Trinajstić information content (AvgIpc) is 2.30. The van der Waals surface area contributed by atoms with Crippen LogP contribution in [0.2, 0.25) is 0 Å². The Bertz CT molecular complexity index is 365. The van der Waals surface area contributed by atoms with E-state index in [0.29, 0.717) is 12.5 Å². The molecule has 1 aromatic carbocycles. The molecule has 0 amide bonds. The third-order valence-corrected chi connectivity index (χ3v) is 2.78. The Morgan fingerprint density at radius 2 is 1.83 bits per heavy atom. The van der Waals surface area contributed by atoms with Gasteiger partial charge in [-0.1, -0.05) is 45.0 Å². The smallest absolute Gasteiger partial charge is 0.163 e. The van der Waals surface area contributed by atoms with Crippen molar-refractivity contribution in [1.82, 2.24) is 0 Å². The summed E-state index contributed by atoms with van der Waals surface area (Å²) in [5.74, 6) is 0.718. The highest BCUT2D eigenvalue weighted by molar-refractivity contribution is 5.81. The van der Waals surface area contributed by atoms with Crippen LogP contribution in [-0.4, -0.2) is 12.4 Å². The van der Waals surface area contributed by atoms with Crippen molar-refractivity contribution in [2.75, 3.05) is 6.61 Å². The first-order valence-electron chi connectivity index (χ1n) is 6.75. The molecule has 0 heterocycles. The molecule has 0 aliphatic rings. The Morgan fingerprint density at radius 1 is 1.22 bits per heavy atom. The lowest BCUT2D eigenvalue weighted by Gasteiger charge is -2.15. The summed E-state index contributed by atoms with van der Waals surface area (Å²) < 4.78 is 5.61. The standard InChI is InChI=1S/C16H24O2/c1-5-10-18-16(13(4)17)15-8-6-14(7-9-15)11-12(2)3/h6-9,12,16H,5,10-11H2,1-4H3. The maximum atomic E-state index is 11.6. The zero-order chi connectivity index (χ0) is 13.5. The maximum Gasteiger partial charge on any atom is 0.163 e. The van der Waals surface area contributed by atoms with Gasteiger partial charge in [0.05, 0.1) is 0 Å². The van der Waals surface area contributed by atoms with E-state index in [2.05, 4.69) is 26.0 Å². The van der Waals surface area contributed by atoms with Crippen LogP contribution >= 0.6 is 0 Å². The molecule has 100 valence electrons. The van der Waals surface area contributed by atoms with Gasteiger partial charge in [-0.05, 0) is 36.8 Å². The Hall–Kier alpha value is -1.15. The first-order chi connectivity index (χ1) is 8.54. The van der Waals surface area contributed by atoms with E-state index < -0.39 is 6.10 Å². The summed E-state index contributed by atoms with van der Waals surface area (Å²) in [6.07, 6.45) is 1.59. The molecule has 0 aliphatic heterocycles. The van der Waals surface area contributed by atoms with Crippen LogP contribution in [0.3, 0.4) is 0 Å². The van der Waals surface area contributed by atoms with Gasteiger partial charge in [-0.2, -0.15) is 0 Å². The van der Waals surface area contributed by atoms with E-state index in [0.717, 1.165) is 18.4 Å². The van der Waals surface area contributed by atoms with Crippen LogP contribution in [0.15, 0.2) is 24.3 Å². The lowest BCUT2D eigenvalue weighted by atomic mass is 9.99. The second kappa shape index (κ2) is 7.32. The van der Waals surface area contributed by atoms with Crippen molar-refractivity contribution < 1.29 is 9.53 Å². The molecule has 2 nitrogen and oxygen atoms in total. The van der Waals surface area contributed by atoms with Gasteiger partial charge >= 0.3 is 0 Å². The topological polar surface area (TPSA) is 26.3 Å². The van der Waals surface area contributed by atoms with Crippen molar-refractivity contribution in [1.29, 1.82) is 0 Å². The number of ketones is 1. The zero-order valence-corrected chi connectivity index (χ0v) is 11.9. The number of hydrogen-bond donors (Lipinski definition) is 0. The Morgan fingerprint density at radius 3 is 2.28 bits per heavy atom. The highest BCUT2D eigenvalue weighted by Gasteiger charge is 2.16. The fourth-order valence-corrected chi connectivity index (χ4v) is 1.98. The molecule has 0 saturated heterocycles. The minimum Gasteiger partial charge on any atom is -0.366 e. The predicted molar refractivity (Wildman–Crippen MR) is 74.6 cm³/mol. The van der Waals surface area contributed by atoms with Gasteiger partial charge in [0.15, 0.2) is 5.78 Å². The second-order valence-electron chi connectivity index (χ2n) is 5.20. The SMILES string of the molecule is CCCOC(C(C)=O)c1ccc(CC(C)C)cc1. The zero-order valence-electron chi connectivity index (χ0n) is 11.9. The van der Waals surface area contributed by atoms with E-state index in [9.17, 15) is 4.79 Å². The highest BCUT2D eigenvalue weighted by Crippen LogP contribution is 2.20. The summed E-state index contributed by atoms with van der Waals surface area (Å²) >= 11 is 0. The van der Waals surface area contributed by atoms with E-state index in [-0.39, 0.29) is 5.78 Å². The van der Waals surface area contributed by atoms with Gasteiger partial charge < -0.3 is 4.74 Å². The van der Waals surface area contributed by atoms with Gasteiger partial charge in [0.1, 0.15) is 6.10 Å². The van der Waals surface area contributed by atoms with E-state index in [1.54, 1.807) is 6.92 Å². The van der Waals surface area contributed by atoms with Gasteiger partial charge in [0.2, 0.25) is 0 Å². The van der Waals surface area contributed by atoms with Gasteiger partial charge in [0, 0.05) is 6.61 Å². The summed E-state index contributed by atoms with van der Waals surface area (Å²) in [6.45, 7) is 8.66. The van der Waals surface area contributed by atoms with Crippen LogP contribution < -0.4 is 0 Å². The second-order valence-corrected chi connectivity index (χ2v) is 5.20. The molecular weight excluding hydrogens is 224 g/mol. The van der Waals surface area contributed by atoms with E-state index in [1.807, 2.05) is 19.1 Å². The lowest BCUT2D eigenvalue weighted by Crippen LogP contribution is -2.13. The first-order valence-corrected chi connectivity index (χ1v) is 6.75. The van der Waals surface area contributed by atoms with Gasteiger partial charge in [-0.15, -0.1) is 0 Å². The molecule has 0 fully saturated rings. The Balaban J connectivity index is 2.77. The molecular formula is C16H24O2. The van der Waals surface area contributed by atoms with Gasteiger partial charge in [0.25, 0.3) is 0 Å². The van der Waals surface area contributed by atoms with Crippen molar-refractivity contribution in [3.8, 4) is 0 Å². The number of benzene rings is 1. The average molecular weight is 248 g/mol. The van der Waals surface area contributed by atoms with Crippen molar-refractivity contribution in [3.05, 3.63) is 35.4 Å². The molecule has 0 radical (unpaired) electrons. The Kier molecular flexibility index (Phi) is 6.06. The summed E-state index contributed by atoms with van der Waals surface area (Å²) in [6, 6.07) is 8.22. The third kappa shape index (κ3) is 4.61. The molecule has 0 N–H and O–H groups in total. The number of carbonyl (C=O) groups excluding carboxylic acids is 1. The quantitative estimate of drug-likeness (QED) is 0.730. The molecule has 0 saturated carbocycles. The fraction of sp³-hybridized carbons (Fsp3) is 0.562. The van der Waals surface area contributed by atoms with E-state index in [4.69, 9.17) is 4.74 Å². The third-order valence-electron chi connectivity index (χ3n) is 2.78. The van der Waals surface area contributed by atoms with Crippen LogP contribution in [0, 0.1) is 5.92 Å². The van der Waals surface area contributed by atoms with Crippen LogP contribution in [0.25, 0.3) is 0 Å². The largest absolute Gasteiger partial charge is 0.366 e. The summed E-state index contributed by atoms with van der Waals surface area (Å²) in [4.78, 5) is 11.6. The molecule has 0 spiro atoms. The van der Waals surface area contributed by atoms with Crippen LogP contribution in [-0.2, 0) is 16.0 Å². The number of rotatable bonds is 7. The number of carbonyl (C=O) groups is 1. The predicted octanol–water partition coefficient (Wildman–Crippen LogP) is 3.94. The molecule has 2 heteroatoms. The normalized spacial score (nSPS) is 12.7. The summed E-state index contributed by atoms with van der Waals surface area (Å²) in [7, 11) is 0. The lowest BCUT2D eigenvalue weighted by molar-refractivity contribution is -0.128. The van der Waals surface area contributed by atoms with Gasteiger partial charge in [-0.25, -0.2) is 0 Å². The molecule has 0 aromatic heterocycles. The number of Topliss-reactive ketones (excluding diaryl/α,β-unsaturated/α-hetero) is 1. The minimum atomic E-state index is -0.405. The van der Waals surface area contributed by atoms with Gasteiger partial charge in [-0.3, -0.25) is 4.79 Å². The first kappa shape index (κ1) is 14.9. The maximum absolute atomic E-state index is 11.6.